The lowest BCUT2D eigenvalue weighted by Crippen LogP contribution is -2.32. The number of fused-ring (bicyclic) bond motifs is 2. The Bertz CT molecular complexity index is 821. The zero-order valence-electron chi connectivity index (χ0n) is 16.0. The Morgan fingerprint density at radius 1 is 0.926 bits per heavy atom. The molecule has 0 unspecified atom stereocenters. The first-order chi connectivity index (χ1) is 12.6. The second-order valence-corrected chi connectivity index (χ2v) is 6.38. The van der Waals surface area contributed by atoms with Gasteiger partial charge in [-0.2, -0.15) is 0 Å². The molecule has 0 radical (unpaired) electrons. The van der Waals surface area contributed by atoms with Crippen LogP contribution in [0.2, 0.25) is 0 Å². The highest BCUT2D eigenvalue weighted by Gasteiger charge is 2.31. The van der Waals surface area contributed by atoms with Gasteiger partial charge in [0, 0.05) is 20.0 Å². The SMILES string of the molecule is CCN(CC)CCC(=O)N1c2ccccc2C(=O)N(C)c2ccccc21.Cl. The maximum Gasteiger partial charge on any atom is 0.260 e. The van der Waals surface area contributed by atoms with Crippen LogP contribution in [-0.2, 0) is 4.79 Å². The van der Waals surface area contributed by atoms with Crippen molar-refractivity contribution in [3.05, 3.63) is 54.1 Å². The summed E-state index contributed by atoms with van der Waals surface area (Å²) in [4.78, 5) is 31.6. The smallest absolute Gasteiger partial charge is 0.260 e. The van der Waals surface area contributed by atoms with E-state index in [1.165, 1.54) is 0 Å². The van der Waals surface area contributed by atoms with Gasteiger partial charge < -0.3 is 9.80 Å². The fourth-order valence-corrected chi connectivity index (χ4v) is 3.38. The highest BCUT2D eigenvalue weighted by molar-refractivity contribution is 6.18. The van der Waals surface area contributed by atoms with Gasteiger partial charge in [-0.3, -0.25) is 14.5 Å². The van der Waals surface area contributed by atoms with E-state index < -0.39 is 0 Å². The number of benzene rings is 2. The first kappa shape index (κ1) is 20.9. The predicted molar refractivity (Wildman–Crippen MR) is 112 cm³/mol. The Labute approximate surface area is 167 Å². The standard InChI is InChI=1S/C21H25N3O2.ClH/c1-4-23(5-2)15-14-20(25)24-17-11-7-6-10-16(17)21(26)22(3)18-12-8-9-13-19(18)24;/h6-13H,4-5,14-15H2,1-3H3;1H. The second kappa shape index (κ2) is 9.02. The monoisotopic (exact) mass is 387 g/mol. The molecule has 144 valence electrons. The van der Waals surface area contributed by atoms with E-state index in [9.17, 15) is 9.59 Å². The van der Waals surface area contributed by atoms with Crippen molar-refractivity contribution in [1.82, 2.24) is 4.90 Å². The molecule has 0 saturated carbocycles. The molecule has 0 saturated heterocycles. The molecule has 0 bridgehead atoms. The van der Waals surface area contributed by atoms with Crippen molar-refractivity contribution in [3.63, 3.8) is 0 Å². The number of hydrogen-bond donors (Lipinski definition) is 0. The highest BCUT2D eigenvalue weighted by atomic mass is 35.5. The van der Waals surface area contributed by atoms with Gasteiger partial charge in [-0.1, -0.05) is 38.1 Å². The topological polar surface area (TPSA) is 43.9 Å². The lowest BCUT2D eigenvalue weighted by atomic mass is 10.1. The molecule has 5 nitrogen and oxygen atoms in total. The van der Waals surface area contributed by atoms with Crippen LogP contribution in [-0.4, -0.2) is 43.4 Å². The summed E-state index contributed by atoms with van der Waals surface area (Å²) in [6.45, 7) is 6.73. The first-order valence-corrected chi connectivity index (χ1v) is 9.09. The van der Waals surface area contributed by atoms with Crippen molar-refractivity contribution in [2.24, 2.45) is 0 Å². The van der Waals surface area contributed by atoms with Crippen molar-refractivity contribution in [1.29, 1.82) is 0 Å². The molecular weight excluding hydrogens is 362 g/mol. The molecule has 0 fully saturated rings. The molecule has 1 aliphatic rings. The predicted octanol–water partition coefficient (Wildman–Crippen LogP) is 4.10. The molecule has 1 aliphatic heterocycles. The average molecular weight is 388 g/mol. The molecule has 2 aromatic carbocycles. The van der Waals surface area contributed by atoms with Gasteiger partial charge in [-0.25, -0.2) is 0 Å². The number of halogens is 1. The number of amides is 2. The van der Waals surface area contributed by atoms with Crippen LogP contribution in [0.3, 0.4) is 0 Å². The van der Waals surface area contributed by atoms with E-state index >= 15 is 0 Å². The number of anilines is 3. The number of rotatable bonds is 5. The van der Waals surface area contributed by atoms with Crippen molar-refractivity contribution in [3.8, 4) is 0 Å². The van der Waals surface area contributed by atoms with Gasteiger partial charge in [0.25, 0.3) is 5.91 Å². The van der Waals surface area contributed by atoms with Gasteiger partial charge in [0.15, 0.2) is 0 Å². The average Bonchev–Trinajstić information content (AvgIpc) is 2.77. The zero-order chi connectivity index (χ0) is 18.7. The van der Waals surface area contributed by atoms with Crippen LogP contribution in [0, 0.1) is 0 Å². The van der Waals surface area contributed by atoms with Crippen molar-refractivity contribution in [2.75, 3.05) is 36.5 Å². The van der Waals surface area contributed by atoms with E-state index in [2.05, 4.69) is 18.7 Å². The van der Waals surface area contributed by atoms with Crippen LogP contribution >= 0.6 is 12.4 Å². The maximum absolute atomic E-state index is 13.2. The van der Waals surface area contributed by atoms with Crippen LogP contribution in [0.5, 0.6) is 0 Å². The summed E-state index contributed by atoms with van der Waals surface area (Å²) in [5.74, 6) is -0.105. The molecule has 0 atom stereocenters. The van der Waals surface area contributed by atoms with Gasteiger partial charge >= 0.3 is 0 Å². The fourth-order valence-electron chi connectivity index (χ4n) is 3.38. The van der Waals surface area contributed by atoms with Crippen molar-refractivity contribution >= 4 is 41.3 Å². The Hall–Kier alpha value is -2.37. The largest absolute Gasteiger partial charge is 0.309 e. The van der Waals surface area contributed by atoms with E-state index in [0.717, 1.165) is 24.5 Å². The summed E-state index contributed by atoms with van der Waals surface area (Å²) >= 11 is 0. The van der Waals surface area contributed by atoms with Gasteiger partial charge in [0.2, 0.25) is 5.91 Å². The molecule has 2 amide bonds. The number of carbonyl (C=O) groups is 2. The molecule has 2 aromatic rings. The third-order valence-electron chi connectivity index (χ3n) is 4.95. The molecule has 3 rings (SSSR count). The van der Waals surface area contributed by atoms with Crippen LogP contribution in [0.1, 0.15) is 30.6 Å². The summed E-state index contributed by atoms with van der Waals surface area (Å²) in [5.41, 5.74) is 2.68. The lowest BCUT2D eigenvalue weighted by molar-refractivity contribution is -0.118. The van der Waals surface area contributed by atoms with Crippen LogP contribution < -0.4 is 9.80 Å². The highest BCUT2D eigenvalue weighted by Crippen LogP contribution is 2.40. The Kier molecular flexibility index (Phi) is 6.99. The Balaban J connectivity index is 0.00000261. The molecule has 1 heterocycles. The maximum atomic E-state index is 13.2. The van der Waals surface area contributed by atoms with Crippen LogP contribution in [0.15, 0.2) is 48.5 Å². The Morgan fingerprint density at radius 3 is 2.11 bits per heavy atom. The van der Waals surface area contributed by atoms with E-state index in [1.807, 2.05) is 42.5 Å². The minimum absolute atomic E-state index is 0. The second-order valence-electron chi connectivity index (χ2n) is 6.38. The molecule has 6 heteroatoms. The summed E-state index contributed by atoms with van der Waals surface area (Å²) in [6, 6.07) is 14.9. The van der Waals surface area contributed by atoms with E-state index in [0.29, 0.717) is 24.2 Å². The molecule has 0 N–H and O–H groups in total. The quantitative estimate of drug-likeness (QED) is 0.775. The van der Waals surface area contributed by atoms with Gasteiger partial charge in [-0.15, -0.1) is 12.4 Å². The minimum Gasteiger partial charge on any atom is -0.309 e. The number of para-hydroxylation sites is 3. The number of nitrogens with zero attached hydrogens (tertiary/aromatic N) is 3. The zero-order valence-corrected chi connectivity index (χ0v) is 16.8. The van der Waals surface area contributed by atoms with Crippen LogP contribution in [0.4, 0.5) is 17.1 Å². The minimum atomic E-state index is -0.105. The molecule has 0 aliphatic carbocycles. The number of carbonyl (C=O) groups excluding carboxylic acids is 2. The summed E-state index contributed by atoms with van der Waals surface area (Å²) in [5, 5.41) is 0. The molecular formula is C21H26ClN3O2. The van der Waals surface area contributed by atoms with Crippen LogP contribution in [0.25, 0.3) is 0 Å². The third kappa shape index (κ3) is 3.99. The molecule has 0 spiro atoms. The van der Waals surface area contributed by atoms with Crippen molar-refractivity contribution < 1.29 is 9.59 Å². The molecule has 0 aromatic heterocycles. The summed E-state index contributed by atoms with van der Waals surface area (Å²) in [7, 11) is 1.75. The lowest BCUT2D eigenvalue weighted by Gasteiger charge is -2.26. The summed E-state index contributed by atoms with van der Waals surface area (Å²) < 4.78 is 0. The van der Waals surface area contributed by atoms with Gasteiger partial charge in [0.1, 0.15) is 0 Å². The van der Waals surface area contributed by atoms with Crippen molar-refractivity contribution in [2.45, 2.75) is 20.3 Å². The fraction of sp³-hybridized carbons (Fsp3) is 0.333. The third-order valence-corrected chi connectivity index (χ3v) is 4.95. The molecule has 27 heavy (non-hydrogen) atoms. The number of hydrogen-bond acceptors (Lipinski definition) is 3. The summed E-state index contributed by atoms with van der Waals surface area (Å²) in [6.07, 6.45) is 0.405. The first-order valence-electron chi connectivity index (χ1n) is 9.09. The van der Waals surface area contributed by atoms with E-state index in [4.69, 9.17) is 0 Å². The van der Waals surface area contributed by atoms with E-state index in [-0.39, 0.29) is 24.2 Å². The van der Waals surface area contributed by atoms with Gasteiger partial charge in [-0.05, 0) is 37.4 Å². The van der Waals surface area contributed by atoms with Gasteiger partial charge in [0.05, 0.1) is 22.6 Å². The van der Waals surface area contributed by atoms with E-state index in [1.54, 1.807) is 22.9 Å². The normalized spacial score (nSPS) is 13.0. The Morgan fingerprint density at radius 2 is 1.48 bits per heavy atom.